The van der Waals surface area contributed by atoms with Crippen LogP contribution >= 0.6 is 0 Å². The van der Waals surface area contributed by atoms with Gasteiger partial charge in [-0.25, -0.2) is 0 Å². The van der Waals surface area contributed by atoms with Gasteiger partial charge < -0.3 is 0 Å². The second-order valence-electron chi connectivity index (χ2n) is 2.52. The van der Waals surface area contributed by atoms with E-state index in [1.165, 1.54) is 0 Å². The van der Waals surface area contributed by atoms with Crippen LogP contribution in [0.3, 0.4) is 0 Å². The quantitative estimate of drug-likeness (QED) is 0.662. The fraction of sp³-hybridized carbons (Fsp3) is 0.500. The van der Waals surface area contributed by atoms with Crippen LogP contribution in [0.1, 0.15) is 12.8 Å². The molecule has 58 valence electrons. The predicted molar refractivity (Wildman–Crippen MR) is 39.0 cm³/mol. The molecule has 0 fully saturated rings. The first kappa shape index (κ1) is 8.77. The summed E-state index contributed by atoms with van der Waals surface area (Å²) >= 11 is -1.52. The summed E-state index contributed by atoms with van der Waals surface area (Å²) in [4.78, 5) is 21.2. The van der Waals surface area contributed by atoms with E-state index < -0.39 is 37.5 Å². The van der Waals surface area contributed by atoms with Crippen LogP contribution in [0.2, 0.25) is 3.17 Å². The molecule has 0 aromatic rings. The monoisotopic (exact) mass is 258 g/mol. The van der Waals surface area contributed by atoms with Crippen molar-refractivity contribution in [1.29, 1.82) is 0 Å². The van der Waals surface area contributed by atoms with Crippen LogP contribution in [-0.2, 0) is 9.59 Å². The summed E-state index contributed by atoms with van der Waals surface area (Å²) in [7, 11) is 0. The fourth-order valence-electron chi connectivity index (χ4n) is 1.13. The molecule has 0 spiro atoms. The summed E-state index contributed by atoms with van der Waals surface area (Å²) in [5.41, 5.74) is 0. The topological polar surface area (TPSA) is 74.6 Å². The zero-order valence-electron chi connectivity index (χ0n) is 5.78. The van der Waals surface area contributed by atoms with Crippen LogP contribution in [0.15, 0.2) is 0 Å². The molecule has 1 aliphatic rings. The minimum absolute atomic E-state index is 0.304. The molecule has 2 N–H and O–H groups in total. The molecule has 0 unspecified atom stereocenters. The Morgan fingerprint density at radius 1 is 1.36 bits per heavy atom. The van der Waals surface area contributed by atoms with Crippen LogP contribution in [0.25, 0.3) is 0 Å². The third kappa shape index (κ3) is 1.34. The number of carbonyl (C=O) groups is 2. The normalized spacial score (nSPS) is 19.3. The van der Waals surface area contributed by atoms with Crippen molar-refractivity contribution in [2.75, 3.05) is 0 Å². The van der Waals surface area contributed by atoms with Crippen LogP contribution in [0.5, 0.6) is 0 Å². The summed E-state index contributed by atoms with van der Waals surface area (Å²) in [5.74, 6) is -2.28. The van der Waals surface area contributed by atoms with Gasteiger partial charge in [0.1, 0.15) is 0 Å². The molecular formula is C6H7InO4. The van der Waals surface area contributed by atoms with E-state index in [2.05, 4.69) is 0 Å². The number of carboxylic acid groups (broad SMARTS) is 2. The van der Waals surface area contributed by atoms with Crippen LogP contribution in [-0.4, -0.2) is 48.3 Å². The molecule has 0 bridgehead atoms. The van der Waals surface area contributed by atoms with Gasteiger partial charge in [-0.2, -0.15) is 0 Å². The van der Waals surface area contributed by atoms with E-state index in [0.717, 1.165) is 0 Å². The maximum atomic E-state index is 10.6. The molecule has 1 rings (SSSR count). The van der Waals surface area contributed by atoms with Crippen LogP contribution in [0, 0.1) is 0 Å². The molecule has 0 aliphatic carbocycles. The average molecular weight is 258 g/mol. The minimum atomic E-state index is -1.52. The van der Waals surface area contributed by atoms with E-state index in [0.29, 0.717) is 12.8 Å². The molecule has 0 atom stereocenters. The van der Waals surface area contributed by atoms with Gasteiger partial charge in [0.05, 0.1) is 0 Å². The average Bonchev–Trinajstić information content (AvgIpc) is 2.34. The molecule has 1 heterocycles. The first-order chi connectivity index (χ1) is 5.09. The summed E-state index contributed by atoms with van der Waals surface area (Å²) in [6.07, 6.45) is 0.971. The molecule has 4 nitrogen and oxygen atoms in total. The van der Waals surface area contributed by atoms with Gasteiger partial charge >= 0.3 is 73.9 Å². The number of hydrogen-bond acceptors (Lipinski definition) is 2. The third-order valence-electron chi connectivity index (χ3n) is 1.87. The van der Waals surface area contributed by atoms with E-state index in [1.807, 2.05) is 3.76 Å². The van der Waals surface area contributed by atoms with E-state index in [1.54, 1.807) is 0 Å². The Balaban J connectivity index is 2.98. The van der Waals surface area contributed by atoms with Crippen molar-refractivity contribution in [3.63, 3.8) is 0 Å². The second-order valence-corrected chi connectivity index (χ2v) is 7.63. The van der Waals surface area contributed by atoms with Gasteiger partial charge in [0.2, 0.25) is 0 Å². The molecule has 0 amide bonds. The van der Waals surface area contributed by atoms with Gasteiger partial charge in [0.25, 0.3) is 0 Å². The second kappa shape index (κ2) is 2.97. The van der Waals surface area contributed by atoms with Crippen molar-refractivity contribution in [1.82, 2.24) is 0 Å². The van der Waals surface area contributed by atoms with Crippen LogP contribution in [0.4, 0.5) is 0 Å². The number of rotatable bonds is 2. The Labute approximate surface area is 74.1 Å². The molecule has 0 saturated heterocycles. The van der Waals surface area contributed by atoms with Crippen molar-refractivity contribution in [2.45, 2.75) is 16.0 Å². The van der Waals surface area contributed by atoms with Gasteiger partial charge in [0, 0.05) is 0 Å². The Morgan fingerprint density at radius 3 is 2.09 bits per heavy atom. The first-order valence-electron chi connectivity index (χ1n) is 3.24. The van der Waals surface area contributed by atoms with E-state index >= 15 is 0 Å². The van der Waals surface area contributed by atoms with Gasteiger partial charge in [-0.1, -0.05) is 0 Å². The van der Waals surface area contributed by atoms with Crippen molar-refractivity contribution in [3.05, 3.63) is 0 Å². The molecule has 1 aliphatic heterocycles. The Hall–Kier alpha value is -0.320. The Bertz CT molecular complexity index is 219. The molecule has 11 heavy (non-hydrogen) atoms. The van der Waals surface area contributed by atoms with Crippen molar-refractivity contribution >= 4 is 38.1 Å². The summed E-state index contributed by atoms with van der Waals surface area (Å²) in [5, 5.41) is 17.4. The van der Waals surface area contributed by atoms with E-state index in [9.17, 15) is 9.59 Å². The molecule has 5 heteroatoms. The molecular weight excluding hydrogens is 251 g/mol. The summed E-state index contributed by atoms with van der Waals surface area (Å²) in [6.45, 7) is 0. The van der Waals surface area contributed by atoms with E-state index in [4.69, 9.17) is 10.2 Å². The van der Waals surface area contributed by atoms with Gasteiger partial charge in [0.15, 0.2) is 0 Å². The summed E-state index contributed by atoms with van der Waals surface area (Å²) in [6, 6.07) is 0. The van der Waals surface area contributed by atoms with E-state index in [-0.39, 0.29) is 0 Å². The summed E-state index contributed by atoms with van der Waals surface area (Å²) < 4.78 is 0.563. The molecule has 0 saturated carbocycles. The van der Waals surface area contributed by atoms with Crippen molar-refractivity contribution in [3.8, 4) is 0 Å². The zero-order chi connectivity index (χ0) is 8.48. The van der Waals surface area contributed by atoms with Crippen LogP contribution < -0.4 is 0 Å². The predicted octanol–water partition coefficient (Wildman–Crippen LogP) is -0.385. The Morgan fingerprint density at radius 2 is 1.91 bits per heavy atom. The fourth-order valence-corrected chi connectivity index (χ4v) is 4.99. The van der Waals surface area contributed by atoms with Crippen molar-refractivity contribution in [2.24, 2.45) is 0 Å². The number of hydrogen-bond donors (Lipinski definition) is 2. The third-order valence-corrected chi connectivity index (χ3v) is 7.35. The standard InChI is InChI=1S/C6H7O4.In/c1-2-3-4(5(7)8)6(9)10;/h1H,2-3H2,(H,7,8)(H,9,10);. The molecule has 0 aromatic carbocycles. The van der Waals surface area contributed by atoms with Crippen molar-refractivity contribution < 1.29 is 19.8 Å². The zero-order valence-corrected chi connectivity index (χ0v) is 9.08. The Kier molecular flexibility index (Phi) is 2.37. The molecule has 0 radical (unpaired) electrons. The SMILES string of the molecule is O=C(O)[C]1(C(=O)O)CC[CH]=[In]1. The van der Waals surface area contributed by atoms with Gasteiger partial charge in [-0.3, -0.25) is 0 Å². The first-order valence-corrected chi connectivity index (χ1v) is 6.79. The van der Waals surface area contributed by atoms with Gasteiger partial charge in [-0.15, -0.1) is 0 Å². The number of aliphatic carboxylic acids is 2. The van der Waals surface area contributed by atoms with Gasteiger partial charge in [-0.05, 0) is 0 Å². The maximum absolute atomic E-state index is 10.6. The number of carboxylic acids is 2. The molecule has 0 aromatic heterocycles.